The highest BCUT2D eigenvalue weighted by Crippen LogP contribution is 2.21. The molecule has 0 spiro atoms. The highest BCUT2D eigenvalue weighted by molar-refractivity contribution is 7.89. The molecule has 1 aliphatic rings. The van der Waals surface area contributed by atoms with E-state index in [-0.39, 0.29) is 37.0 Å². The summed E-state index contributed by atoms with van der Waals surface area (Å²) >= 11 is 6.18. The van der Waals surface area contributed by atoms with Crippen LogP contribution < -0.4 is 0 Å². The van der Waals surface area contributed by atoms with Gasteiger partial charge in [0, 0.05) is 37.4 Å². The van der Waals surface area contributed by atoms with Crippen LogP contribution in [0.1, 0.15) is 15.9 Å². The van der Waals surface area contributed by atoms with Crippen LogP contribution >= 0.6 is 11.6 Å². The summed E-state index contributed by atoms with van der Waals surface area (Å²) in [6.45, 7) is 1.04. The van der Waals surface area contributed by atoms with Crippen molar-refractivity contribution in [3.8, 4) is 0 Å². The van der Waals surface area contributed by atoms with E-state index in [0.717, 1.165) is 11.6 Å². The molecule has 0 atom stereocenters. The highest BCUT2D eigenvalue weighted by atomic mass is 35.5. The molecule has 1 amide bonds. The third kappa shape index (κ3) is 4.48. The van der Waals surface area contributed by atoms with Crippen molar-refractivity contribution in [1.82, 2.24) is 19.0 Å². The molecule has 10 heteroatoms. The molecule has 0 radical (unpaired) electrons. The summed E-state index contributed by atoms with van der Waals surface area (Å²) in [4.78, 5) is 14.1. The maximum atomic E-state index is 14.0. The van der Waals surface area contributed by atoms with Crippen molar-refractivity contribution in [2.45, 2.75) is 11.4 Å². The highest BCUT2D eigenvalue weighted by Gasteiger charge is 2.32. The third-order valence-electron chi connectivity index (χ3n) is 5.15. The fourth-order valence-corrected chi connectivity index (χ4v) is 5.15. The van der Waals surface area contributed by atoms with Crippen molar-refractivity contribution in [3.63, 3.8) is 0 Å². The zero-order valence-electron chi connectivity index (χ0n) is 16.5. The van der Waals surface area contributed by atoms with E-state index in [2.05, 4.69) is 5.10 Å². The van der Waals surface area contributed by atoms with Gasteiger partial charge in [-0.25, -0.2) is 12.8 Å². The number of amides is 1. The van der Waals surface area contributed by atoms with Gasteiger partial charge in [-0.15, -0.1) is 0 Å². The Labute approximate surface area is 184 Å². The first-order valence-corrected chi connectivity index (χ1v) is 11.5. The maximum Gasteiger partial charge on any atom is 0.257 e. The van der Waals surface area contributed by atoms with Gasteiger partial charge in [0.05, 0.1) is 18.3 Å². The minimum Gasteiger partial charge on any atom is -0.336 e. The van der Waals surface area contributed by atoms with Gasteiger partial charge in [0.2, 0.25) is 10.0 Å². The largest absolute Gasteiger partial charge is 0.336 e. The number of sulfonamides is 1. The van der Waals surface area contributed by atoms with Crippen molar-refractivity contribution in [1.29, 1.82) is 0 Å². The molecule has 7 nitrogen and oxygen atoms in total. The number of rotatable bonds is 5. The minimum atomic E-state index is -3.95. The van der Waals surface area contributed by atoms with Gasteiger partial charge in [-0.05, 0) is 23.8 Å². The number of hydrogen-bond acceptors (Lipinski definition) is 4. The van der Waals surface area contributed by atoms with Crippen molar-refractivity contribution >= 4 is 27.5 Å². The molecule has 162 valence electrons. The van der Waals surface area contributed by atoms with E-state index in [4.69, 9.17) is 11.6 Å². The molecule has 0 saturated carbocycles. The molecule has 2 heterocycles. The molecule has 0 unspecified atom stereocenters. The van der Waals surface area contributed by atoms with Crippen LogP contribution in [0.5, 0.6) is 0 Å². The monoisotopic (exact) mass is 462 g/mol. The van der Waals surface area contributed by atoms with E-state index in [0.29, 0.717) is 17.1 Å². The molecule has 1 saturated heterocycles. The first-order valence-electron chi connectivity index (χ1n) is 9.66. The predicted molar refractivity (Wildman–Crippen MR) is 114 cm³/mol. The molecular weight excluding hydrogens is 443 g/mol. The standard InChI is InChI=1S/C21H20ClFN4O3S/c22-18-6-2-1-5-16(18)14-26-15-17(13-24-26)21(28)25-9-11-27(12-10-25)31(29,30)20-8-4-3-7-19(20)23/h1-8,13,15H,9-12,14H2. The Morgan fingerprint density at radius 2 is 1.71 bits per heavy atom. The molecule has 0 bridgehead atoms. The normalized spacial score (nSPS) is 15.2. The molecule has 1 fully saturated rings. The van der Waals surface area contributed by atoms with Crippen LogP contribution in [0.25, 0.3) is 0 Å². The fraction of sp³-hybridized carbons (Fsp3) is 0.238. The number of piperazine rings is 1. The first-order chi connectivity index (χ1) is 14.9. The average molecular weight is 463 g/mol. The SMILES string of the molecule is O=C(c1cnn(Cc2ccccc2Cl)c1)N1CCN(S(=O)(=O)c2ccccc2F)CC1. The smallest absolute Gasteiger partial charge is 0.257 e. The Kier molecular flexibility index (Phi) is 6.08. The first kappa shape index (κ1) is 21.5. The molecule has 31 heavy (non-hydrogen) atoms. The predicted octanol–water partition coefficient (Wildman–Crippen LogP) is 2.87. The van der Waals surface area contributed by atoms with Crippen molar-refractivity contribution < 1.29 is 17.6 Å². The summed E-state index contributed by atoms with van der Waals surface area (Å²) in [5.74, 6) is -1.01. The summed E-state index contributed by atoms with van der Waals surface area (Å²) in [5.41, 5.74) is 1.30. The summed E-state index contributed by atoms with van der Waals surface area (Å²) in [5, 5.41) is 4.86. The van der Waals surface area contributed by atoms with Gasteiger partial charge in [0.1, 0.15) is 10.7 Å². The van der Waals surface area contributed by atoms with Gasteiger partial charge < -0.3 is 4.90 Å². The second kappa shape index (κ2) is 8.78. The topological polar surface area (TPSA) is 75.5 Å². The lowest BCUT2D eigenvalue weighted by Crippen LogP contribution is -2.50. The molecule has 0 aliphatic carbocycles. The van der Waals surface area contributed by atoms with E-state index in [1.165, 1.54) is 28.7 Å². The van der Waals surface area contributed by atoms with E-state index >= 15 is 0 Å². The number of nitrogens with zero attached hydrogens (tertiary/aromatic N) is 4. The minimum absolute atomic E-state index is 0.0934. The van der Waals surface area contributed by atoms with Crippen LogP contribution in [0.15, 0.2) is 65.8 Å². The van der Waals surface area contributed by atoms with E-state index in [1.807, 2.05) is 18.2 Å². The van der Waals surface area contributed by atoms with Crippen LogP contribution in [0.3, 0.4) is 0 Å². The van der Waals surface area contributed by atoms with Gasteiger partial charge in [-0.2, -0.15) is 9.40 Å². The van der Waals surface area contributed by atoms with Gasteiger partial charge in [-0.3, -0.25) is 9.48 Å². The van der Waals surface area contributed by atoms with Crippen LogP contribution in [0, 0.1) is 5.82 Å². The molecule has 4 rings (SSSR count). The lowest BCUT2D eigenvalue weighted by Gasteiger charge is -2.33. The Morgan fingerprint density at radius 3 is 2.42 bits per heavy atom. The van der Waals surface area contributed by atoms with Gasteiger partial charge in [0.25, 0.3) is 5.91 Å². The lowest BCUT2D eigenvalue weighted by atomic mass is 10.2. The molecule has 2 aromatic carbocycles. The van der Waals surface area contributed by atoms with Gasteiger partial charge >= 0.3 is 0 Å². The van der Waals surface area contributed by atoms with E-state index in [1.54, 1.807) is 21.8 Å². The quantitative estimate of drug-likeness (QED) is 0.584. The summed E-state index contributed by atoms with van der Waals surface area (Å²) in [6, 6.07) is 12.7. The van der Waals surface area contributed by atoms with Crippen LogP contribution in [0.4, 0.5) is 4.39 Å². The van der Waals surface area contributed by atoms with E-state index in [9.17, 15) is 17.6 Å². The molecule has 1 aliphatic heterocycles. The van der Waals surface area contributed by atoms with Crippen molar-refractivity contribution in [2.24, 2.45) is 0 Å². The Morgan fingerprint density at radius 1 is 1.03 bits per heavy atom. The zero-order valence-corrected chi connectivity index (χ0v) is 18.1. The van der Waals surface area contributed by atoms with Crippen molar-refractivity contribution in [2.75, 3.05) is 26.2 Å². The molecule has 1 aromatic heterocycles. The van der Waals surface area contributed by atoms with Gasteiger partial charge in [0.15, 0.2) is 0 Å². The molecular formula is C21H20ClFN4O3S. The number of halogens is 2. The number of hydrogen-bond donors (Lipinski definition) is 0. The summed E-state index contributed by atoms with van der Waals surface area (Å²) in [7, 11) is -3.95. The van der Waals surface area contributed by atoms with Crippen LogP contribution in [-0.4, -0.2) is 59.5 Å². The Balaban J connectivity index is 1.40. The van der Waals surface area contributed by atoms with Crippen LogP contribution in [0.2, 0.25) is 5.02 Å². The molecule has 3 aromatic rings. The number of benzene rings is 2. The number of carbonyl (C=O) groups excluding carboxylic acids is 1. The lowest BCUT2D eigenvalue weighted by molar-refractivity contribution is 0.0697. The van der Waals surface area contributed by atoms with Crippen molar-refractivity contribution in [3.05, 3.63) is 82.9 Å². The third-order valence-corrected chi connectivity index (χ3v) is 7.45. The summed E-state index contributed by atoms with van der Waals surface area (Å²) < 4.78 is 42.2. The molecule has 0 N–H and O–H groups in total. The Bertz CT molecular complexity index is 1210. The second-order valence-electron chi connectivity index (χ2n) is 7.14. The second-order valence-corrected chi connectivity index (χ2v) is 9.46. The average Bonchev–Trinajstić information content (AvgIpc) is 3.24. The van der Waals surface area contributed by atoms with E-state index < -0.39 is 15.8 Å². The number of aromatic nitrogens is 2. The van der Waals surface area contributed by atoms with Gasteiger partial charge in [-0.1, -0.05) is 41.9 Å². The van der Waals surface area contributed by atoms with Crippen LogP contribution in [-0.2, 0) is 16.6 Å². The Hall–Kier alpha value is -2.75. The fourth-order valence-electron chi connectivity index (χ4n) is 3.47. The number of carbonyl (C=O) groups is 1. The zero-order chi connectivity index (χ0) is 22.0. The summed E-state index contributed by atoms with van der Waals surface area (Å²) in [6.07, 6.45) is 3.13. The maximum absolute atomic E-state index is 14.0.